The van der Waals surface area contributed by atoms with Gasteiger partial charge in [0, 0.05) is 11.6 Å². The molecule has 1 aromatic heterocycles. The van der Waals surface area contributed by atoms with Crippen LogP contribution in [0.15, 0.2) is 36.5 Å². The zero-order valence-corrected chi connectivity index (χ0v) is 13.9. The van der Waals surface area contributed by atoms with Gasteiger partial charge in [0.15, 0.2) is 5.69 Å². The van der Waals surface area contributed by atoms with Crippen molar-refractivity contribution in [2.75, 3.05) is 0 Å². The van der Waals surface area contributed by atoms with Crippen LogP contribution in [0.25, 0.3) is 10.8 Å². The summed E-state index contributed by atoms with van der Waals surface area (Å²) in [5.74, 6) is -0.989. The zero-order valence-electron chi connectivity index (χ0n) is 10.9. The number of hydrogen-bond acceptors (Lipinski definition) is 2. The van der Waals surface area contributed by atoms with Crippen molar-refractivity contribution in [2.45, 2.75) is 13.8 Å². The average molecular weight is 297 g/mol. The summed E-state index contributed by atoms with van der Waals surface area (Å²) in [5, 5.41) is 10.4. The van der Waals surface area contributed by atoms with Crippen LogP contribution in [0.3, 0.4) is 0 Å². The maximum atomic E-state index is 10.8. The van der Waals surface area contributed by atoms with Gasteiger partial charge in [-0.2, -0.15) is 13.8 Å². The molecule has 92 valence electrons. The van der Waals surface area contributed by atoms with Crippen LogP contribution in [0.4, 0.5) is 0 Å². The molecule has 0 saturated carbocycles. The normalized spacial score (nSPS) is 8.00. The maximum absolute atomic E-state index is 10.8. The minimum absolute atomic E-state index is 0. The van der Waals surface area contributed by atoms with Crippen molar-refractivity contribution in [3.05, 3.63) is 56.1 Å². The molecule has 1 N–H and O–H groups in total. The Morgan fingerprint density at radius 3 is 2.22 bits per heavy atom. The molecule has 1 aromatic carbocycles. The van der Waals surface area contributed by atoms with Crippen LogP contribution in [0.5, 0.6) is 0 Å². The van der Waals surface area contributed by atoms with Crippen molar-refractivity contribution in [3.8, 4) is 0 Å². The third-order valence-electron chi connectivity index (χ3n) is 1.88. The second-order valence-corrected chi connectivity index (χ2v) is 2.69. The number of carboxylic acids is 1. The maximum Gasteiger partial charge on any atom is 2.00 e. The zero-order chi connectivity index (χ0) is 13.3. The van der Waals surface area contributed by atoms with E-state index in [1.165, 1.54) is 6.20 Å². The summed E-state index contributed by atoms with van der Waals surface area (Å²) in [4.78, 5) is 14.6. The van der Waals surface area contributed by atoms with Gasteiger partial charge >= 0.3 is 25.4 Å². The number of aromatic nitrogens is 1. The van der Waals surface area contributed by atoms with E-state index in [2.05, 4.69) is 18.8 Å². The Labute approximate surface area is 121 Å². The number of fused-ring (bicyclic) bond motifs is 1. The van der Waals surface area contributed by atoms with Crippen molar-refractivity contribution in [2.24, 2.45) is 0 Å². The molecule has 0 unspecified atom stereocenters. The van der Waals surface area contributed by atoms with Crippen LogP contribution in [-0.4, -0.2) is 16.1 Å². The molecule has 4 heteroatoms. The van der Waals surface area contributed by atoms with Crippen molar-refractivity contribution < 1.29 is 29.4 Å². The minimum atomic E-state index is -0.989. The van der Waals surface area contributed by atoms with E-state index in [-0.39, 0.29) is 25.2 Å². The molecular formula is C14H17NO2Zn. The monoisotopic (exact) mass is 295 g/mol. The van der Waals surface area contributed by atoms with Crippen molar-refractivity contribution in [3.63, 3.8) is 0 Å². The number of carboxylic acid groups (broad SMARTS) is 1. The number of nitrogens with zero attached hydrogens (tertiary/aromatic N) is 1. The van der Waals surface area contributed by atoms with E-state index in [1.807, 2.05) is 12.1 Å². The standard InChI is InChI=1S/C10H7NO2.2C2H5.Zn/c12-10(13)9-8-4-2-1-3-7(8)5-6-11-9;2*1-2;/h1-6H,(H,12,13);2*1H2,2H3;/q;2*-1;+2. The molecule has 0 aliphatic rings. The average Bonchev–Trinajstić information content (AvgIpc) is 2.42. The first-order valence-electron chi connectivity index (χ1n) is 5.27. The van der Waals surface area contributed by atoms with E-state index in [0.717, 1.165) is 5.39 Å². The number of pyridine rings is 1. The van der Waals surface area contributed by atoms with Gasteiger partial charge in [-0.3, -0.25) is 0 Å². The van der Waals surface area contributed by atoms with E-state index in [0.29, 0.717) is 5.39 Å². The van der Waals surface area contributed by atoms with Crippen molar-refractivity contribution >= 4 is 16.7 Å². The van der Waals surface area contributed by atoms with Crippen LogP contribution in [0, 0.1) is 13.8 Å². The van der Waals surface area contributed by atoms with Gasteiger partial charge in [0.05, 0.1) is 0 Å². The van der Waals surface area contributed by atoms with Gasteiger partial charge in [0.1, 0.15) is 0 Å². The van der Waals surface area contributed by atoms with E-state index in [4.69, 9.17) is 5.11 Å². The fourth-order valence-electron chi connectivity index (χ4n) is 1.29. The van der Waals surface area contributed by atoms with Crippen molar-refractivity contribution in [1.82, 2.24) is 4.98 Å². The summed E-state index contributed by atoms with van der Waals surface area (Å²) in [5.41, 5.74) is 0.109. The number of hydrogen-bond donors (Lipinski definition) is 1. The summed E-state index contributed by atoms with van der Waals surface area (Å²) in [7, 11) is 0. The van der Waals surface area contributed by atoms with E-state index < -0.39 is 5.97 Å². The van der Waals surface area contributed by atoms with Gasteiger partial charge in [-0.25, -0.2) is 9.78 Å². The molecule has 2 aromatic rings. The number of aromatic carboxylic acids is 1. The summed E-state index contributed by atoms with van der Waals surface area (Å²) in [6, 6.07) is 9.08. The fourth-order valence-corrected chi connectivity index (χ4v) is 1.29. The molecule has 0 bridgehead atoms. The predicted molar refractivity (Wildman–Crippen MR) is 70.8 cm³/mol. The molecule has 0 radical (unpaired) electrons. The SMILES string of the molecule is O=C(O)c1nccc2ccccc12.[CH2-]C.[CH2-]C.[Zn+2]. The molecule has 0 aliphatic carbocycles. The largest absolute Gasteiger partial charge is 2.00 e. The summed E-state index contributed by atoms with van der Waals surface area (Å²) in [6.07, 6.45) is 1.51. The first kappa shape index (κ1) is 19.1. The van der Waals surface area contributed by atoms with Crippen LogP contribution in [0.2, 0.25) is 0 Å². The first-order chi connectivity index (χ1) is 8.29. The van der Waals surface area contributed by atoms with Gasteiger partial charge in [-0.05, 0) is 11.5 Å². The Hall–Kier alpha value is -1.28. The molecule has 0 fully saturated rings. The van der Waals surface area contributed by atoms with Crippen LogP contribution < -0.4 is 0 Å². The fraction of sp³-hybridized carbons (Fsp3) is 0.143. The predicted octanol–water partition coefficient (Wildman–Crippen LogP) is 3.61. The Morgan fingerprint density at radius 2 is 1.67 bits per heavy atom. The van der Waals surface area contributed by atoms with Crippen molar-refractivity contribution in [1.29, 1.82) is 0 Å². The Bertz CT molecular complexity index is 467. The molecule has 2 rings (SSSR count). The quantitative estimate of drug-likeness (QED) is 0.646. The molecule has 0 amide bonds. The molecule has 0 spiro atoms. The van der Waals surface area contributed by atoms with Crippen LogP contribution in [-0.2, 0) is 19.5 Å². The summed E-state index contributed by atoms with van der Waals surface area (Å²) in [6.45, 7) is 10.0. The number of benzene rings is 1. The second-order valence-electron chi connectivity index (χ2n) is 2.69. The number of rotatable bonds is 1. The van der Waals surface area contributed by atoms with E-state index >= 15 is 0 Å². The van der Waals surface area contributed by atoms with Gasteiger partial charge < -0.3 is 19.0 Å². The minimum Gasteiger partial charge on any atom is -0.476 e. The van der Waals surface area contributed by atoms with Crippen LogP contribution in [0.1, 0.15) is 24.3 Å². The Balaban J connectivity index is 0. The molecule has 0 aliphatic heterocycles. The van der Waals surface area contributed by atoms with Crippen LogP contribution >= 0.6 is 0 Å². The number of carbonyl (C=O) groups is 1. The Morgan fingerprint density at radius 1 is 1.11 bits per heavy atom. The van der Waals surface area contributed by atoms with Gasteiger partial charge in [-0.1, -0.05) is 24.3 Å². The molecule has 3 nitrogen and oxygen atoms in total. The Kier molecular flexibility index (Phi) is 11.5. The van der Waals surface area contributed by atoms with E-state index in [1.54, 1.807) is 32.0 Å². The smallest absolute Gasteiger partial charge is 0.476 e. The van der Waals surface area contributed by atoms with E-state index in [9.17, 15) is 4.79 Å². The van der Waals surface area contributed by atoms with Gasteiger partial charge in [-0.15, -0.1) is 0 Å². The molecule has 18 heavy (non-hydrogen) atoms. The van der Waals surface area contributed by atoms with Gasteiger partial charge in [0.25, 0.3) is 0 Å². The topological polar surface area (TPSA) is 50.2 Å². The summed E-state index contributed by atoms with van der Waals surface area (Å²) >= 11 is 0. The molecular weight excluding hydrogens is 280 g/mol. The molecule has 0 atom stereocenters. The molecule has 1 heterocycles. The molecule has 0 saturated heterocycles. The third-order valence-corrected chi connectivity index (χ3v) is 1.88. The van der Waals surface area contributed by atoms with Gasteiger partial charge in [0.2, 0.25) is 0 Å². The second kappa shape index (κ2) is 10.9. The summed E-state index contributed by atoms with van der Waals surface area (Å²) < 4.78 is 0. The third kappa shape index (κ3) is 4.93. The first-order valence-corrected chi connectivity index (χ1v) is 5.27.